The molecule has 0 bridgehead atoms. The molecule has 0 amide bonds. The lowest BCUT2D eigenvalue weighted by atomic mass is 9.83. The number of hydrogen-bond acceptors (Lipinski definition) is 3. The molecule has 2 N–H and O–H groups in total. The van der Waals surface area contributed by atoms with E-state index in [0.717, 1.165) is 16.3 Å². The molecular weight excluding hydrogens is 298 g/mol. The summed E-state index contributed by atoms with van der Waals surface area (Å²) in [6, 6.07) is 4.21. The molecule has 0 radical (unpaired) electrons. The lowest BCUT2D eigenvalue weighted by molar-refractivity contribution is 0.0267. The molecule has 1 aromatic rings. The van der Waals surface area contributed by atoms with Gasteiger partial charge in [0.25, 0.3) is 0 Å². The van der Waals surface area contributed by atoms with Crippen LogP contribution in [0.5, 0.6) is 0 Å². The van der Waals surface area contributed by atoms with Crippen molar-refractivity contribution in [2.24, 2.45) is 11.7 Å². The molecule has 1 aliphatic rings. The highest BCUT2D eigenvalue weighted by Gasteiger charge is 2.21. The van der Waals surface area contributed by atoms with Gasteiger partial charge in [-0.05, 0) is 47.3 Å². The SMILES string of the molecule is CC(N)C(OCCC1CCC1)c1ccc(Br)s1. The summed E-state index contributed by atoms with van der Waals surface area (Å²) in [5, 5.41) is 0. The second kappa shape index (κ2) is 6.32. The summed E-state index contributed by atoms with van der Waals surface area (Å²) in [6.07, 6.45) is 5.41. The van der Waals surface area contributed by atoms with E-state index in [2.05, 4.69) is 28.1 Å². The van der Waals surface area contributed by atoms with Crippen LogP contribution in [-0.2, 0) is 4.74 Å². The van der Waals surface area contributed by atoms with Crippen molar-refractivity contribution in [3.8, 4) is 0 Å². The van der Waals surface area contributed by atoms with Crippen molar-refractivity contribution in [2.75, 3.05) is 6.61 Å². The molecular formula is C13H20BrNOS. The van der Waals surface area contributed by atoms with E-state index in [4.69, 9.17) is 10.5 Å². The van der Waals surface area contributed by atoms with Crippen molar-refractivity contribution in [1.82, 2.24) is 0 Å². The molecule has 17 heavy (non-hydrogen) atoms. The minimum absolute atomic E-state index is 0.0435. The first-order valence-corrected chi connectivity index (χ1v) is 7.90. The molecule has 1 aromatic heterocycles. The molecule has 0 aliphatic heterocycles. The van der Waals surface area contributed by atoms with Gasteiger partial charge in [0.2, 0.25) is 0 Å². The minimum Gasteiger partial charge on any atom is -0.371 e. The summed E-state index contributed by atoms with van der Waals surface area (Å²) in [4.78, 5) is 1.22. The quantitative estimate of drug-likeness (QED) is 0.857. The van der Waals surface area contributed by atoms with E-state index >= 15 is 0 Å². The van der Waals surface area contributed by atoms with Crippen LogP contribution in [0.15, 0.2) is 15.9 Å². The number of hydrogen-bond donors (Lipinski definition) is 1. The van der Waals surface area contributed by atoms with Crippen molar-refractivity contribution < 1.29 is 4.74 Å². The molecule has 0 saturated heterocycles. The smallest absolute Gasteiger partial charge is 0.106 e. The maximum absolute atomic E-state index is 6.01. The van der Waals surface area contributed by atoms with Gasteiger partial charge in [-0.25, -0.2) is 0 Å². The fourth-order valence-corrected chi connectivity index (χ4v) is 3.71. The second-order valence-electron chi connectivity index (χ2n) is 4.88. The van der Waals surface area contributed by atoms with E-state index in [1.807, 2.05) is 6.92 Å². The molecule has 96 valence electrons. The van der Waals surface area contributed by atoms with E-state index < -0.39 is 0 Å². The average molecular weight is 318 g/mol. The molecule has 0 spiro atoms. The van der Waals surface area contributed by atoms with E-state index in [0.29, 0.717) is 0 Å². The monoisotopic (exact) mass is 317 g/mol. The van der Waals surface area contributed by atoms with Crippen LogP contribution >= 0.6 is 27.3 Å². The molecule has 1 aliphatic carbocycles. The van der Waals surface area contributed by atoms with Gasteiger partial charge in [0.15, 0.2) is 0 Å². The molecule has 2 atom stereocenters. The zero-order chi connectivity index (χ0) is 12.3. The Hall–Kier alpha value is 0.1000. The first-order chi connectivity index (χ1) is 8.16. The molecule has 4 heteroatoms. The van der Waals surface area contributed by atoms with Crippen molar-refractivity contribution in [2.45, 2.75) is 44.8 Å². The Morgan fingerprint density at radius 2 is 2.29 bits per heavy atom. The normalized spacial score (nSPS) is 19.9. The third-order valence-electron chi connectivity index (χ3n) is 3.40. The van der Waals surface area contributed by atoms with Gasteiger partial charge >= 0.3 is 0 Å². The molecule has 1 fully saturated rings. The largest absolute Gasteiger partial charge is 0.371 e. The van der Waals surface area contributed by atoms with Crippen LogP contribution in [0, 0.1) is 5.92 Å². The van der Waals surface area contributed by atoms with E-state index in [1.54, 1.807) is 11.3 Å². The van der Waals surface area contributed by atoms with Crippen LogP contribution in [0.2, 0.25) is 0 Å². The van der Waals surface area contributed by atoms with Gasteiger partial charge < -0.3 is 10.5 Å². The predicted molar refractivity (Wildman–Crippen MR) is 76.3 cm³/mol. The van der Waals surface area contributed by atoms with Gasteiger partial charge in [0, 0.05) is 17.5 Å². The number of ether oxygens (including phenoxy) is 1. The Kier molecular flexibility index (Phi) is 5.03. The highest BCUT2D eigenvalue weighted by atomic mass is 79.9. The minimum atomic E-state index is 0.0435. The van der Waals surface area contributed by atoms with Gasteiger partial charge in [-0.2, -0.15) is 0 Å². The van der Waals surface area contributed by atoms with E-state index in [9.17, 15) is 0 Å². The summed E-state index contributed by atoms with van der Waals surface area (Å²) >= 11 is 5.20. The zero-order valence-electron chi connectivity index (χ0n) is 10.2. The van der Waals surface area contributed by atoms with Crippen molar-refractivity contribution in [3.05, 3.63) is 20.8 Å². The number of thiophene rings is 1. The van der Waals surface area contributed by atoms with Gasteiger partial charge in [-0.3, -0.25) is 0 Å². The summed E-state index contributed by atoms with van der Waals surface area (Å²) in [5.74, 6) is 0.902. The Bertz CT molecular complexity index is 349. The Morgan fingerprint density at radius 3 is 2.76 bits per heavy atom. The van der Waals surface area contributed by atoms with Gasteiger partial charge in [0.05, 0.1) is 3.79 Å². The van der Waals surface area contributed by atoms with E-state index in [1.165, 1.54) is 30.6 Å². The first kappa shape index (κ1) is 13.5. The van der Waals surface area contributed by atoms with Crippen molar-refractivity contribution in [1.29, 1.82) is 0 Å². The molecule has 1 heterocycles. The van der Waals surface area contributed by atoms with Crippen LogP contribution in [-0.4, -0.2) is 12.6 Å². The Balaban J connectivity index is 1.84. The number of rotatable bonds is 6. The van der Waals surface area contributed by atoms with Gasteiger partial charge in [-0.15, -0.1) is 11.3 Å². The third kappa shape index (κ3) is 3.78. The highest BCUT2D eigenvalue weighted by Crippen LogP contribution is 2.33. The lowest BCUT2D eigenvalue weighted by Crippen LogP contribution is -2.27. The average Bonchev–Trinajstić information content (AvgIpc) is 2.61. The Labute approximate surface area is 116 Å². The zero-order valence-corrected chi connectivity index (χ0v) is 12.6. The van der Waals surface area contributed by atoms with Crippen LogP contribution in [0.1, 0.15) is 43.6 Å². The first-order valence-electron chi connectivity index (χ1n) is 6.29. The van der Waals surface area contributed by atoms with Crippen molar-refractivity contribution >= 4 is 27.3 Å². The maximum Gasteiger partial charge on any atom is 0.106 e. The fourth-order valence-electron chi connectivity index (χ4n) is 2.12. The highest BCUT2D eigenvalue weighted by molar-refractivity contribution is 9.11. The molecule has 1 saturated carbocycles. The number of nitrogens with two attached hydrogens (primary N) is 1. The summed E-state index contributed by atoms with van der Waals surface area (Å²) < 4.78 is 7.11. The van der Waals surface area contributed by atoms with Gasteiger partial charge in [0.1, 0.15) is 6.10 Å². The molecule has 0 aromatic carbocycles. The van der Waals surface area contributed by atoms with Crippen LogP contribution < -0.4 is 5.73 Å². The number of halogens is 1. The van der Waals surface area contributed by atoms with Crippen LogP contribution in [0.25, 0.3) is 0 Å². The summed E-state index contributed by atoms with van der Waals surface area (Å²) in [5.41, 5.74) is 6.01. The Morgan fingerprint density at radius 1 is 1.53 bits per heavy atom. The standard InChI is InChI=1S/C13H20BrNOS/c1-9(15)13(11-5-6-12(14)17-11)16-8-7-10-3-2-4-10/h5-6,9-10,13H,2-4,7-8,15H2,1H3. The van der Waals surface area contributed by atoms with Crippen LogP contribution in [0.4, 0.5) is 0 Å². The van der Waals surface area contributed by atoms with Gasteiger partial charge in [-0.1, -0.05) is 19.3 Å². The van der Waals surface area contributed by atoms with Crippen LogP contribution in [0.3, 0.4) is 0 Å². The lowest BCUT2D eigenvalue weighted by Gasteiger charge is -2.27. The van der Waals surface area contributed by atoms with Crippen molar-refractivity contribution in [3.63, 3.8) is 0 Å². The topological polar surface area (TPSA) is 35.2 Å². The maximum atomic E-state index is 6.01. The summed E-state index contributed by atoms with van der Waals surface area (Å²) in [6.45, 7) is 2.86. The summed E-state index contributed by atoms with van der Waals surface area (Å²) in [7, 11) is 0. The fraction of sp³-hybridized carbons (Fsp3) is 0.692. The predicted octanol–water partition coefficient (Wildman–Crippen LogP) is 4.11. The molecule has 2 rings (SSSR count). The van der Waals surface area contributed by atoms with E-state index in [-0.39, 0.29) is 12.1 Å². The second-order valence-corrected chi connectivity index (χ2v) is 7.37. The molecule has 2 nitrogen and oxygen atoms in total. The molecule has 2 unspecified atom stereocenters. The third-order valence-corrected chi connectivity index (χ3v) is 5.09.